The van der Waals surface area contributed by atoms with Crippen molar-refractivity contribution in [3.63, 3.8) is 0 Å². The van der Waals surface area contributed by atoms with Gasteiger partial charge in [0.05, 0.1) is 18.2 Å². The van der Waals surface area contributed by atoms with Crippen LogP contribution in [-0.4, -0.2) is 15.9 Å². The van der Waals surface area contributed by atoms with Crippen LogP contribution in [0.15, 0.2) is 36.8 Å². The summed E-state index contributed by atoms with van der Waals surface area (Å²) in [5, 5.41) is 0. The van der Waals surface area contributed by atoms with Gasteiger partial charge < -0.3 is 9.30 Å². The lowest BCUT2D eigenvalue weighted by molar-refractivity contribution is -0.274. The van der Waals surface area contributed by atoms with Crippen molar-refractivity contribution in [3.05, 3.63) is 36.8 Å². The zero-order chi connectivity index (χ0) is 14.0. The van der Waals surface area contributed by atoms with Gasteiger partial charge in [0.15, 0.2) is 0 Å². The van der Waals surface area contributed by atoms with Crippen LogP contribution in [0.2, 0.25) is 0 Å². The van der Waals surface area contributed by atoms with E-state index in [0.29, 0.717) is 11.3 Å². The lowest BCUT2D eigenvalue weighted by Gasteiger charge is -2.16. The fraction of sp³-hybridized carbons (Fsp3) is 0.308. The quantitative estimate of drug-likeness (QED) is 0.842. The number of para-hydroxylation sites is 1. The predicted molar refractivity (Wildman–Crippen MR) is 64.7 cm³/mol. The van der Waals surface area contributed by atoms with Crippen molar-refractivity contribution in [3.8, 4) is 17.0 Å². The highest BCUT2D eigenvalue weighted by Crippen LogP contribution is 2.34. The van der Waals surface area contributed by atoms with Crippen LogP contribution < -0.4 is 4.74 Å². The first-order chi connectivity index (χ1) is 8.88. The first-order valence-electron chi connectivity index (χ1n) is 5.75. The van der Waals surface area contributed by atoms with Crippen molar-refractivity contribution in [2.45, 2.75) is 26.3 Å². The summed E-state index contributed by atoms with van der Waals surface area (Å²) in [6.45, 7) is 3.86. The molecule has 102 valence electrons. The number of hydrogen-bond acceptors (Lipinski definition) is 2. The van der Waals surface area contributed by atoms with E-state index in [4.69, 9.17) is 0 Å². The molecule has 0 atom stereocenters. The Balaban J connectivity index is 2.47. The molecule has 1 heterocycles. The number of rotatable bonds is 3. The van der Waals surface area contributed by atoms with Crippen LogP contribution in [0.3, 0.4) is 0 Å². The second-order valence-corrected chi connectivity index (χ2v) is 4.32. The maximum atomic E-state index is 12.4. The molecule has 0 amide bonds. The van der Waals surface area contributed by atoms with Crippen LogP contribution in [-0.2, 0) is 0 Å². The van der Waals surface area contributed by atoms with Gasteiger partial charge >= 0.3 is 6.36 Å². The molecule has 0 spiro atoms. The van der Waals surface area contributed by atoms with Gasteiger partial charge in [-0.25, -0.2) is 4.98 Å². The lowest BCUT2D eigenvalue weighted by Crippen LogP contribution is -2.17. The summed E-state index contributed by atoms with van der Waals surface area (Å²) >= 11 is 0. The van der Waals surface area contributed by atoms with E-state index in [1.165, 1.54) is 18.3 Å². The predicted octanol–water partition coefficient (Wildman–Crippen LogP) is 4.03. The van der Waals surface area contributed by atoms with Crippen LogP contribution >= 0.6 is 0 Å². The lowest BCUT2D eigenvalue weighted by atomic mass is 10.1. The molecule has 1 aromatic heterocycles. The summed E-state index contributed by atoms with van der Waals surface area (Å²) in [6.07, 6.45) is -1.60. The summed E-state index contributed by atoms with van der Waals surface area (Å²) < 4.78 is 43.0. The largest absolute Gasteiger partial charge is 0.573 e. The standard InChI is InChI=1S/C13H13F3N2O/c1-9(2)18-8-17-7-11(18)10-5-3-4-6-12(10)19-13(14,15)16/h3-9H,1-2H3. The molecule has 0 aliphatic carbocycles. The Hall–Kier alpha value is -1.98. The van der Waals surface area contributed by atoms with Crippen LogP contribution in [0, 0.1) is 0 Å². The smallest absolute Gasteiger partial charge is 0.405 e. The van der Waals surface area contributed by atoms with Gasteiger partial charge in [0.1, 0.15) is 5.75 Å². The molecule has 1 aromatic carbocycles. The number of nitrogens with zero attached hydrogens (tertiary/aromatic N) is 2. The van der Waals surface area contributed by atoms with Crippen LogP contribution in [0.5, 0.6) is 5.75 Å². The van der Waals surface area contributed by atoms with E-state index in [9.17, 15) is 13.2 Å². The number of hydrogen-bond donors (Lipinski definition) is 0. The summed E-state index contributed by atoms with van der Waals surface area (Å²) in [5.74, 6) is -0.225. The minimum atomic E-state index is -4.71. The average molecular weight is 270 g/mol. The molecule has 2 rings (SSSR count). The van der Waals surface area contributed by atoms with Gasteiger partial charge in [-0.05, 0) is 26.0 Å². The number of benzene rings is 1. The van der Waals surface area contributed by atoms with E-state index in [0.717, 1.165) is 0 Å². The molecule has 0 saturated carbocycles. The SMILES string of the molecule is CC(C)n1cncc1-c1ccccc1OC(F)(F)F. The molecular weight excluding hydrogens is 257 g/mol. The molecule has 0 N–H and O–H groups in total. The Bertz CT molecular complexity index is 561. The van der Waals surface area contributed by atoms with Gasteiger partial charge in [0.25, 0.3) is 0 Å². The van der Waals surface area contributed by atoms with Crippen LogP contribution in [0.25, 0.3) is 11.3 Å². The zero-order valence-electron chi connectivity index (χ0n) is 10.5. The van der Waals surface area contributed by atoms with Crippen molar-refractivity contribution in [2.24, 2.45) is 0 Å². The third kappa shape index (κ3) is 3.07. The summed E-state index contributed by atoms with van der Waals surface area (Å²) in [4.78, 5) is 3.98. The normalized spacial score (nSPS) is 11.9. The number of imidazole rings is 1. The van der Waals surface area contributed by atoms with Crippen LogP contribution in [0.1, 0.15) is 19.9 Å². The number of ether oxygens (including phenoxy) is 1. The highest BCUT2D eigenvalue weighted by atomic mass is 19.4. The molecule has 0 unspecified atom stereocenters. The summed E-state index contributed by atoms with van der Waals surface area (Å²) in [7, 11) is 0. The Morgan fingerprint density at radius 2 is 1.89 bits per heavy atom. The van der Waals surface area contributed by atoms with E-state index >= 15 is 0 Å². The summed E-state index contributed by atoms with van der Waals surface area (Å²) in [6, 6.07) is 6.13. The molecule has 0 aliphatic heterocycles. The van der Waals surface area contributed by atoms with Crippen molar-refractivity contribution in [1.82, 2.24) is 9.55 Å². The van der Waals surface area contributed by atoms with E-state index in [1.54, 1.807) is 23.0 Å². The maximum absolute atomic E-state index is 12.4. The van der Waals surface area contributed by atoms with Crippen molar-refractivity contribution in [2.75, 3.05) is 0 Å². The van der Waals surface area contributed by atoms with Gasteiger partial charge in [0, 0.05) is 11.6 Å². The van der Waals surface area contributed by atoms with Crippen molar-refractivity contribution in [1.29, 1.82) is 0 Å². The number of alkyl halides is 3. The molecule has 0 radical (unpaired) electrons. The molecular formula is C13H13F3N2O. The Morgan fingerprint density at radius 3 is 2.53 bits per heavy atom. The minimum absolute atomic E-state index is 0.0939. The zero-order valence-corrected chi connectivity index (χ0v) is 10.5. The fourth-order valence-corrected chi connectivity index (χ4v) is 1.82. The van der Waals surface area contributed by atoms with Gasteiger partial charge in [-0.3, -0.25) is 0 Å². The molecule has 0 bridgehead atoms. The molecule has 6 heteroatoms. The van der Waals surface area contributed by atoms with Crippen molar-refractivity contribution >= 4 is 0 Å². The molecule has 19 heavy (non-hydrogen) atoms. The Kier molecular flexibility index (Phi) is 3.50. The molecule has 0 aliphatic rings. The molecule has 0 fully saturated rings. The van der Waals surface area contributed by atoms with Gasteiger partial charge in [-0.15, -0.1) is 13.2 Å². The second kappa shape index (κ2) is 4.95. The average Bonchev–Trinajstić information content (AvgIpc) is 2.76. The molecule has 2 aromatic rings. The van der Waals surface area contributed by atoms with Gasteiger partial charge in [0.2, 0.25) is 0 Å². The van der Waals surface area contributed by atoms with E-state index in [-0.39, 0.29) is 11.8 Å². The van der Waals surface area contributed by atoms with Gasteiger partial charge in [-0.2, -0.15) is 0 Å². The van der Waals surface area contributed by atoms with Crippen LogP contribution in [0.4, 0.5) is 13.2 Å². The van der Waals surface area contributed by atoms with E-state index in [2.05, 4.69) is 9.72 Å². The minimum Gasteiger partial charge on any atom is -0.405 e. The Morgan fingerprint density at radius 1 is 1.21 bits per heavy atom. The first-order valence-corrected chi connectivity index (χ1v) is 5.75. The van der Waals surface area contributed by atoms with Crippen molar-refractivity contribution < 1.29 is 17.9 Å². The van der Waals surface area contributed by atoms with E-state index in [1.807, 2.05) is 13.8 Å². The Labute approximate surface area is 108 Å². The highest BCUT2D eigenvalue weighted by molar-refractivity contribution is 5.67. The number of aromatic nitrogens is 2. The highest BCUT2D eigenvalue weighted by Gasteiger charge is 2.32. The molecule has 3 nitrogen and oxygen atoms in total. The monoisotopic (exact) mass is 270 g/mol. The maximum Gasteiger partial charge on any atom is 0.573 e. The summed E-state index contributed by atoms with van der Waals surface area (Å²) in [5.41, 5.74) is 0.959. The fourth-order valence-electron chi connectivity index (χ4n) is 1.82. The number of halogens is 3. The molecule has 0 saturated heterocycles. The topological polar surface area (TPSA) is 27.1 Å². The van der Waals surface area contributed by atoms with E-state index < -0.39 is 6.36 Å². The van der Waals surface area contributed by atoms with Gasteiger partial charge in [-0.1, -0.05) is 12.1 Å². The third-order valence-corrected chi connectivity index (χ3v) is 2.61. The second-order valence-electron chi connectivity index (χ2n) is 4.32. The first kappa shape index (κ1) is 13.5. The third-order valence-electron chi connectivity index (χ3n) is 2.61.